The van der Waals surface area contributed by atoms with Gasteiger partial charge in [-0.1, -0.05) is 6.92 Å². The minimum atomic E-state index is 0.221. The average Bonchev–Trinajstić information content (AvgIpc) is 2.58. The summed E-state index contributed by atoms with van der Waals surface area (Å²) < 4.78 is 5.98. The molecule has 2 rings (SSSR count). The first-order valence-electron chi connectivity index (χ1n) is 6.72. The van der Waals surface area contributed by atoms with Crippen LogP contribution in [0.2, 0.25) is 0 Å². The standard InChI is InChI=1S/C14H23N3O/c1-5-12-9-15-8-11-6-7-13(16-14(11)18-12)17(4)10(2)3/h6-7,10,12,15H,5,8-9H2,1-4H3/t12-/m0/s1. The molecule has 0 saturated heterocycles. The third-order valence-electron chi connectivity index (χ3n) is 3.48. The molecule has 0 amide bonds. The monoisotopic (exact) mass is 249 g/mol. The fourth-order valence-electron chi connectivity index (χ4n) is 1.95. The number of rotatable bonds is 3. The van der Waals surface area contributed by atoms with E-state index in [4.69, 9.17) is 4.74 Å². The maximum absolute atomic E-state index is 5.98. The number of nitrogens with zero attached hydrogens (tertiary/aromatic N) is 2. The topological polar surface area (TPSA) is 37.4 Å². The van der Waals surface area contributed by atoms with E-state index in [1.807, 2.05) is 0 Å². The molecule has 0 unspecified atom stereocenters. The van der Waals surface area contributed by atoms with Crippen molar-refractivity contribution >= 4 is 5.82 Å². The fraction of sp³-hybridized carbons (Fsp3) is 0.643. The van der Waals surface area contributed by atoms with E-state index in [0.717, 1.165) is 36.8 Å². The number of anilines is 1. The Morgan fingerprint density at radius 3 is 2.94 bits per heavy atom. The second-order valence-corrected chi connectivity index (χ2v) is 5.12. The number of hydrogen-bond acceptors (Lipinski definition) is 4. The quantitative estimate of drug-likeness (QED) is 0.891. The Balaban J connectivity index is 2.27. The van der Waals surface area contributed by atoms with Crippen molar-refractivity contribution in [2.75, 3.05) is 18.5 Å². The van der Waals surface area contributed by atoms with Gasteiger partial charge in [-0.3, -0.25) is 0 Å². The first-order chi connectivity index (χ1) is 8.61. The Hall–Kier alpha value is -1.29. The van der Waals surface area contributed by atoms with E-state index in [9.17, 15) is 0 Å². The van der Waals surface area contributed by atoms with Gasteiger partial charge in [0.2, 0.25) is 5.88 Å². The molecule has 1 N–H and O–H groups in total. The Bertz CT molecular complexity index is 406. The lowest BCUT2D eigenvalue weighted by Crippen LogP contribution is -2.28. The summed E-state index contributed by atoms with van der Waals surface area (Å²) in [7, 11) is 2.06. The van der Waals surface area contributed by atoms with Crippen molar-refractivity contribution in [1.29, 1.82) is 0 Å². The van der Waals surface area contributed by atoms with Gasteiger partial charge in [-0.25, -0.2) is 0 Å². The first-order valence-corrected chi connectivity index (χ1v) is 6.72. The summed E-state index contributed by atoms with van der Waals surface area (Å²) in [5.74, 6) is 1.76. The lowest BCUT2D eigenvalue weighted by Gasteiger charge is -2.23. The zero-order valence-electron chi connectivity index (χ0n) is 11.7. The second-order valence-electron chi connectivity index (χ2n) is 5.12. The molecule has 0 radical (unpaired) electrons. The van der Waals surface area contributed by atoms with E-state index in [2.05, 4.69) is 55.2 Å². The lowest BCUT2D eigenvalue weighted by molar-refractivity contribution is 0.194. The number of pyridine rings is 1. The molecule has 1 aliphatic heterocycles. The molecule has 0 fully saturated rings. The average molecular weight is 249 g/mol. The fourth-order valence-corrected chi connectivity index (χ4v) is 1.95. The number of aromatic nitrogens is 1. The summed E-state index contributed by atoms with van der Waals surface area (Å²) in [6, 6.07) is 4.61. The van der Waals surface area contributed by atoms with Crippen molar-refractivity contribution in [2.24, 2.45) is 0 Å². The van der Waals surface area contributed by atoms with Gasteiger partial charge in [0.1, 0.15) is 11.9 Å². The molecule has 2 heterocycles. The minimum absolute atomic E-state index is 0.221. The highest BCUT2D eigenvalue weighted by molar-refractivity contribution is 5.44. The van der Waals surface area contributed by atoms with Crippen LogP contribution in [0.25, 0.3) is 0 Å². The third kappa shape index (κ3) is 2.75. The summed E-state index contributed by atoms with van der Waals surface area (Å²) in [5, 5.41) is 3.40. The molecule has 0 aromatic carbocycles. The predicted octanol–water partition coefficient (Wildman–Crippen LogP) is 2.19. The first kappa shape index (κ1) is 13.1. The van der Waals surface area contributed by atoms with Crippen LogP contribution in [0.3, 0.4) is 0 Å². The van der Waals surface area contributed by atoms with E-state index < -0.39 is 0 Å². The van der Waals surface area contributed by atoms with Gasteiger partial charge >= 0.3 is 0 Å². The van der Waals surface area contributed by atoms with Crippen LogP contribution >= 0.6 is 0 Å². The van der Waals surface area contributed by atoms with E-state index >= 15 is 0 Å². The normalized spacial score (nSPS) is 19.1. The minimum Gasteiger partial charge on any atom is -0.473 e. The van der Waals surface area contributed by atoms with E-state index in [1.165, 1.54) is 0 Å². The largest absolute Gasteiger partial charge is 0.473 e. The molecule has 1 aliphatic rings. The van der Waals surface area contributed by atoms with Gasteiger partial charge in [0.15, 0.2) is 0 Å². The van der Waals surface area contributed by atoms with Crippen LogP contribution in [0.15, 0.2) is 12.1 Å². The van der Waals surface area contributed by atoms with Gasteiger partial charge in [0, 0.05) is 31.7 Å². The smallest absolute Gasteiger partial charge is 0.220 e. The number of nitrogens with one attached hydrogen (secondary N) is 1. The highest BCUT2D eigenvalue weighted by atomic mass is 16.5. The van der Waals surface area contributed by atoms with Crippen molar-refractivity contribution in [2.45, 2.75) is 45.9 Å². The molecule has 0 saturated carbocycles. The van der Waals surface area contributed by atoms with Gasteiger partial charge in [0.05, 0.1) is 0 Å². The molecular formula is C14H23N3O. The van der Waals surface area contributed by atoms with Gasteiger partial charge in [-0.05, 0) is 32.4 Å². The van der Waals surface area contributed by atoms with Crippen LogP contribution in [0.4, 0.5) is 5.82 Å². The van der Waals surface area contributed by atoms with Crippen molar-refractivity contribution < 1.29 is 4.74 Å². The van der Waals surface area contributed by atoms with Crippen molar-refractivity contribution in [3.63, 3.8) is 0 Å². The molecule has 4 nitrogen and oxygen atoms in total. The molecule has 18 heavy (non-hydrogen) atoms. The number of fused-ring (bicyclic) bond motifs is 1. The molecule has 0 spiro atoms. The van der Waals surface area contributed by atoms with Crippen molar-refractivity contribution in [3.8, 4) is 5.88 Å². The van der Waals surface area contributed by atoms with Crippen LogP contribution < -0.4 is 15.0 Å². The van der Waals surface area contributed by atoms with E-state index in [-0.39, 0.29) is 6.10 Å². The van der Waals surface area contributed by atoms with Gasteiger partial charge in [-0.2, -0.15) is 4.98 Å². The highest BCUT2D eigenvalue weighted by Gasteiger charge is 2.18. The molecular weight excluding hydrogens is 226 g/mol. The van der Waals surface area contributed by atoms with Gasteiger partial charge in [-0.15, -0.1) is 0 Å². The SMILES string of the molecule is CC[C@H]1CNCc2ccc(N(C)C(C)C)nc2O1. The molecule has 0 aliphatic carbocycles. The van der Waals surface area contributed by atoms with Crippen molar-refractivity contribution in [3.05, 3.63) is 17.7 Å². The number of hydrogen-bond donors (Lipinski definition) is 1. The Morgan fingerprint density at radius 2 is 2.28 bits per heavy atom. The Morgan fingerprint density at radius 1 is 1.50 bits per heavy atom. The predicted molar refractivity (Wildman–Crippen MR) is 74.2 cm³/mol. The summed E-state index contributed by atoms with van der Waals surface area (Å²) >= 11 is 0. The van der Waals surface area contributed by atoms with Crippen LogP contribution in [0, 0.1) is 0 Å². The molecule has 1 aromatic heterocycles. The Kier molecular flexibility index (Phi) is 4.07. The summed E-state index contributed by atoms with van der Waals surface area (Å²) in [6.45, 7) is 8.18. The summed E-state index contributed by atoms with van der Waals surface area (Å²) in [4.78, 5) is 6.81. The van der Waals surface area contributed by atoms with Crippen LogP contribution in [-0.2, 0) is 6.54 Å². The van der Waals surface area contributed by atoms with Gasteiger partial charge < -0.3 is 15.0 Å². The molecule has 0 bridgehead atoms. The molecule has 1 aromatic rings. The summed E-state index contributed by atoms with van der Waals surface area (Å²) in [5.41, 5.74) is 1.15. The van der Waals surface area contributed by atoms with Crippen LogP contribution in [0.5, 0.6) is 5.88 Å². The molecule has 1 atom stereocenters. The summed E-state index contributed by atoms with van der Waals surface area (Å²) in [6.07, 6.45) is 1.22. The maximum atomic E-state index is 5.98. The van der Waals surface area contributed by atoms with Gasteiger partial charge in [0.25, 0.3) is 0 Å². The molecule has 100 valence electrons. The second kappa shape index (κ2) is 5.57. The maximum Gasteiger partial charge on any atom is 0.220 e. The zero-order chi connectivity index (χ0) is 13.1. The number of ether oxygens (including phenoxy) is 1. The highest BCUT2D eigenvalue weighted by Crippen LogP contribution is 2.24. The van der Waals surface area contributed by atoms with Crippen LogP contribution in [-0.4, -0.2) is 30.7 Å². The van der Waals surface area contributed by atoms with Crippen molar-refractivity contribution in [1.82, 2.24) is 10.3 Å². The van der Waals surface area contributed by atoms with E-state index in [0.29, 0.717) is 6.04 Å². The lowest BCUT2D eigenvalue weighted by atomic mass is 10.2. The Labute approximate surface area is 109 Å². The molecule has 4 heteroatoms. The van der Waals surface area contributed by atoms with Crippen LogP contribution in [0.1, 0.15) is 32.8 Å². The third-order valence-corrected chi connectivity index (χ3v) is 3.48. The van der Waals surface area contributed by atoms with E-state index in [1.54, 1.807) is 0 Å². The zero-order valence-corrected chi connectivity index (χ0v) is 11.7.